The van der Waals surface area contributed by atoms with Crippen LogP contribution in [0.1, 0.15) is 30.9 Å². The number of aliphatic hydroxyl groups is 1. The van der Waals surface area contributed by atoms with E-state index in [9.17, 15) is 41.0 Å². The van der Waals surface area contributed by atoms with E-state index in [0.29, 0.717) is 18.8 Å². The van der Waals surface area contributed by atoms with Crippen molar-refractivity contribution >= 4 is 17.5 Å². The lowest BCUT2D eigenvalue weighted by Crippen LogP contribution is -2.46. The molecule has 3 heterocycles. The van der Waals surface area contributed by atoms with E-state index < -0.39 is 58.7 Å². The van der Waals surface area contributed by atoms with Gasteiger partial charge in [0.05, 0.1) is 30.2 Å². The summed E-state index contributed by atoms with van der Waals surface area (Å²) in [7, 11) is 0. The van der Waals surface area contributed by atoms with Crippen LogP contribution >= 0.6 is 0 Å². The fourth-order valence-electron chi connectivity index (χ4n) is 3.65. The maximum absolute atomic E-state index is 13.1. The molecular formula is C20H23F6N7O4. The van der Waals surface area contributed by atoms with Crippen molar-refractivity contribution in [3.8, 4) is 0 Å². The number of nitrogens with one attached hydrogen (secondary N) is 3. The largest absolute Gasteiger partial charge is 0.423 e. The molecule has 2 aromatic heterocycles. The van der Waals surface area contributed by atoms with Gasteiger partial charge in [-0.25, -0.2) is 20.5 Å². The summed E-state index contributed by atoms with van der Waals surface area (Å²) in [4.78, 5) is 37.6. The highest BCUT2D eigenvalue weighted by molar-refractivity contribution is 5.75. The van der Waals surface area contributed by atoms with Crippen LogP contribution in [0.25, 0.3) is 0 Å². The molecule has 1 aliphatic heterocycles. The number of hydrogen-bond acceptors (Lipinski definition) is 9. The number of aromatic nitrogens is 4. The summed E-state index contributed by atoms with van der Waals surface area (Å²) in [6.07, 6.45) is -8.21. The summed E-state index contributed by atoms with van der Waals surface area (Å²) in [6, 6.07) is -0.762. The van der Waals surface area contributed by atoms with Gasteiger partial charge in [-0.2, -0.15) is 31.4 Å². The number of nitrogens with zero attached hydrogens (tertiary/aromatic N) is 4. The minimum atomic E-state index is -4.91. The average Bonchev–Trinajstić information content (AvgIpc) is 2.79. The zero-order valence-electron chi connectivity index (χ0n) is 19.2. The smallest absolute Gasteiger partial charge is 0.391 e. The second-order valence-electron chi connectivity index (χ2n) is 8.40. The van der Waals surface area contributed by atoms with Gasteiger partial charge < -0.3 is 15.3 Å². The van der Waals surface area contributed by atoms with Crippen LogP contribution in [0.15, 0.2) is 23.4 Å². The maximum Gasteiger partial charge on any atom is 0.423 e. The molecule has 2 aromatic rings. The molecule has 37 heavy (non-hydrogen) atoms. The second kappa shape index (κ2) is 11.3. The van der Waals surface area contributed by atoms with Crippen molar-refractivity contribution in [3.63, 3.8) is 0 Å². The number of aromatic amines is 1. The summed E-state index contributed by atoms with van der Waals surface area (Å²) in [5.41, 5.74) is -2.25. The Morgan fingerprint density at radius 3 is 2.49 bits per heavy atom. The lowest BCUT2D eigenvalue weighted by atomic mass is 9.91. The fraction of sp³-hybridized carbons (Fsp3) is 0.550. The van der Waals surface area contributed by atoms with Gasteiger partial charge in [-0.1, -0.05) is 0 Å². The molecule has 0 radical (unpaired) electrons. The molecule has 0 saturated carbocycles. The molecule has 0 aromatic carbocycles. The Hall–Kier alpha value is -3.47. The first-order valence-corrected chi connectivity index (χ1v) is 10.9. The Labute approximate surface area is 205 Å². The Bertz CT molecular complexity index is 1130. The predicted molar refractivity (Wildman–Crippen MR) is 115 cm³/mol. The number of rotatable bonds is 8. The minimum Gasteiger partial charge on any atom is -0.391 e. The van der Waals surface area contributed by atoms with E-state index >= 15 is 0 Å². The molecule has 1 amide bonds. The van der Waals surface area contributed by atoms with E-state index in [-0.39, 0.29) is 32.1 Å². The number of hydrogen-bond donors (Lipinski definition) is 4. The number of carbonyl (C=O) groups excluding carboxylic acids is 1. The number of halogens is 6. The summed E-state index contributed by atoms with van der Waals surface area (Å²) < 4.78 is 77.3. The number of alkyl halides is 6. The Kier molecular flexibility index (Phi) is 8.57. The standard InChI is InChI=1S/C20H23F6N7O4/c1-10(30-13-7-29-31-17(36)16(13)20(24,25)26)9-37-32-15(35)4-11-2-3-33(8-14(11)34)18-27-5-12(6-28-18)19(21,22)23/h5-7,10-11,14,34H,2-4,8-9H2,1H3,(H,32,35)(H2,30,31,36)/t10?,11-,14-/m1/s1. The van der Waals surface area contributed by atoms with Crippen molar-refractivity contribution in [3.05, 3.63) is 40.1 Å². The maximum atomic E-state index is 13.1. The molecule has 1 aliphatic rings. The third kappa shape index (κ3) is 7.51. The fourth-order valence-corrected chi connectivity index (χ4v) is 3.65. The highest BCUT2D eigenvalue weighted by Gasteiger charge is 2.38. The van der Waals surface area contributed by atoms with E-state index in [4.69, 9.17) is 4.84 Å². The van der Waals surface area contributed by atoms with Crippen LogP contribution in [0.4, 0.5) is 38.0 Å². The molecule has 1 fully saturated rings. The third-order valence-electron chi connectivity index (χ3n) is 5.48. The van der Waals surface area contributed by atoms with Gasteiger partial charge in [0.25, 0.3) is 5.56 Å². The van der Waals surface area contributed by atoms with E-state index in [1.54, 1.807) is 5.10 Å². The first-order valence-electron chi connectivity index (χ1n) is 10.9. The zero-order chi connectivity index (χ0) is 27.4. The van der Waals surface area contributed by atoms with Gasteiger partial charge >= 0.3 is 12.4 Å². The van der Waals surface area contributed by atoms with Crippen molar-refractivity contribution in [2.45, 2.75) is 44.3 Å². The van der Waals surface area contributed by atoms with E-state index in [1.807, 2.05) is 0 Å². The van der Waals surface area contributed by atoms with E-state index in [0.717, 1.165) is 6.20 Å². The lowest BCUT2D eigenvalue weighted by molar-refractivity contribution is -0.139. The van der Waals surface area contributed by atoms with Gasteiger partial charge in [0, 0.05) is 37.9 Å². The van der Waals surface area contributed by atoms with Gasteiger partial charge in [0.15, 0.2) is 0 Å². The van der Waals surface area contributed by atoms with E-state index in [2.05, 4.69) is 25.9 Å². The Morgan fingerprint density at radius 1 is 1.22 bits per heavy atom. The minimum absolute atomic E-state index is 0.00307. The number of aliphatic hydroxyl groups excluding tert-OH is 1. The molecule has 0 aliphatic carbocycles. The van der Waals surface area contributed by atoms with Gasteiger partial charge in [-0.05, 0) is 19.3 Å². The van der Waals surface area contributed by atoms with Gasteiger partial charge in [-0.15, -0.1) is 0 Å². The van der Waals surface area contributed by atoms with Crippen LogP contribution < -0.4 is 21.3 Å². The number of amides is 1. The third-order valence-corrected chi connectivity index (χ3v) is 5.48. The highest BCUT2D eigenvalue weighted by Crippen LogP contribution is 2.32. The molecular weight excluding hydrogens is 516 g/mol. The lowest BCUT2D eigenvalue weighted by Gasteiger charge is -2.35. The van der Waals surface area contributed by atoms with Crippen LogP contribution in [0, 0.1) is 5.92 Å². The number of β-amino-alcohol motifs (C(OH)–C–C–N with tert-alkyl or cyclic N) is 1. The molecule has 17 heteroatoms. The van der Waals surface area contributed by atoms with E-state index in [1.165, 1.54) is 11.8 Å². The SMILES string of the molecule is CC(CONC(=O)C[C@H]1CCN(c2ncc(C(F)(F)F)cn2)C[C@H]1O)Nc1cn[nH]c(=O)c1C(F)(F)F. The molecule has 4 N–H and O–H groups in total. The normalized spacial score (nSPS) is 19.4. The number of H-pyrrole nitrogens is 1. The van der Waals surface area contributed by atoms with Crippen LogP contribution in [-0.2, 0) is 22.0 Å². The number of hydroxylamine groups is 1. The molecule has 1 saturated heterocycles. The first-order chi connectivity index (χ1) is 17.3. The molecule has 204 valence electrons. The molecule has 1 unspecified atom stereocenters. The van der Waals surface area contributed by atoms with Crippen LogP contribution in [0.3, 0.4) is 0 Å². The van der Waals surface area contributed by atoms with Gasteiger partial charge in [-0.3, -0.25) is 14.4 Å². The quantitative estimate of drug-likeness (QED) is 0.291. The Morgan fingerprint density at radius 2 is 1.89 bits per heavy atom. The molecule has 0 bridgehead atoms. The topological polar surface area (TPSA) is 145 Å². The molecule has 3 atom stereocenters. The first kappa shape index (κ1) is 28.1. The van der Waals surface area contributed by atoms with Crippen molar-refractivity contribution in [2.75, 3.05) is 29.9 Å². The summed E-state index contributed by atoms with van der Waals surface area (Å²) in [6.45, 7) is 1.48. The average molecular weight is 539 g/mol. The number of carbonyl (C=O) groups is 1. The van der Waals surface area contributed by atoms with Crippen molar-refractivity contribution in [1.29, 1.82) is 0 Å². The molecule has 0 spiro atoms. The number of anilines is 2. The molecule has 11 nitrogen and oxygen atoms in total. The number of piperidine rings is 1. The predicted octanol–water partition coefficient (Wildman–Crippen LogP) is 1.72. The monoisotopic (exact) mass is 539 g/mol. The van der Waals surface area contributed by atoms with Crippen molar-refractivity contribution in [2.24, 2.45) is 5.92 Å². The zero-order valence-corrected chi connectivity index (χ0v) is 19.2. The summed E-state index contributed by atoms with van der Waals surface area (Å²) in [5, 5.41) is 17.9. The summed E-state index contributed by atoms with van der Waals surface area (Å²) >= 11 is 0. The second-order valence-corrected chi connectivity index (χ2v) is 8.40. The van der Waals surface area contributed by atoms with Crippen LogP contribution in [0.2, 0.25) is 0 Å². The Balaban J connectivity index is 1.44. The van der Waals surface area contributed by atoms with Crippen molar-refractivity contribution in [1.82, 2.24) is 25.6 Å². The van der Waals surface area contributed by atoms with Crippen LogP contribution in [-0.4, -0.2) is 63.0 Å². The van der Waals surface area contributed by atoms with Gasteiger partial charge in [0.1, 0.15) is 5.56 Å². The van der Waals surface area contributed by atoms with Crippen molar-refractivity contribution < 1.29 is 41.1 Å². The van der Waals surface area contributed by atoms with Gasteiger partial charge in [0.2, 0.25) is 11.9 Å². The molecule has 3 rings (SSSR count). The summed E-state index contributed by atoms with van der Waals surface area (Å²) in [5.74, 6) is -1.06. The van der Waals surface area contributed by atoms with Crippen LogP contribution in [0.5, 0.6) is 0 Å². The highest BCUT2D eigenvalue weighted by atomic mass is 19.4.